The van der Waals surface area contributed by atoms with Gasteiger partial charge >= 0.3 is 0 Å². The third kappa shape index (κ3) is 1.99. The minimum atomic E-state index is 0.159. The van der Waals surface area contributed by atoms with Crippen molar-refractivity contribution in [3.05, 3.63) is 11.3 Å². The topological polar surface area (TPSA) is 26.3 Å². The third-order valence-electron chi connectivity index (χ3n) is 2.93. The molecule has 1 aliphatic carbocycles. The first kappa shape index (κ1) is 11.3. The van der Waals surface area contributed by atoms with Crippen LogP contribution in [0.15, 0.2) is 11.3 Å². The van der Waals surface area contributed by atoms with Crippen molar-refractivity contribution in [3.63, 3.8) is 0 Å². The lowest BCUT2D eigenvalue weighted by atomic mass is 9.91. The molecule has 1 atom stereocenters. The molecule has 0 heterocycles. The predicted octanol–water partition coefficient (Wildman–Crippen LogP) is 2.93. The zero-order valence-corrected chi connectivity index (χ0v) is 9.59. The van der Waals surface area contributed by atoms with Crippen LogP contribution in [0.3, 0.4) is 0 Å². The van der Waals surface area contributed by atoms with E-state index in [4.69, 9.17) is 4.74 Å². The largest absolute Gasteiger partial charge is 0.501 e. The standard InChI is InChI=1S/C12H20O2/c1-5-6-9-11(14-4)7-10(8(2)3)12(9)13/h8,10H,5-7H2,1-4H3. The number of carbonyl (C=O) groups is 1. The van der Waals surface area contributed by atoms with Crippen molar-refractivity contribution < 1.29 is 9.53 Å². The van der Waals surface area contributed by atoms with Crippen molar-refractivity contribution >= 4 is 5.78 Å². The van der Waals surface area contributed by atoms with Crippen LogP contribution in [-0.2, 0) is 9.53 Å². The van der Waals surface area contributed by atoms with Gasteiger partial charge in [-0.15, -0.1) is 0 Å². The Morgan fingerprint density at radius 2 is 2.14 bits per heavy atom. The maximum absolute atomic E-state index is 12.0. The van der Waals surface area contributed by atoms with Crippen LogP contribution in [0, 0.1) is 11.8 Å². The Kier molecular flexibility index (Phi) is 3.73. The molecular formula is C12H20O2. The molecule has 0 saturated heterocycles. The number of ether oxygens (including phenoxy) is 1. The van der Waals surface area contributed by atoms with Gasteiger partial charge in [-0.25, -0.2) is 0 Å². The third-order valence-corrected chi connectivity index (χ3v) is 2.93. The smallest absolute Gasteiger partial charge is 0.165 e. The maximum atomic E-state index is 12.0. The van der Waals surface area contributed by atoms with Gasteiger partial charge in [-0.2, -0.15) is 0 Å². The summed E-state index contributed by atoms with van der Waals surface area (Å²) in [6.07, 6.45) is 2.69. The average Bonchev–Trinajstić information content (AvgIpc) is 2.45. The Labute approximate surface area is 86.3 Å². The number of allylic oxidation sites excluding steroid dienone is 2. The van der Waals surface area contributed by atoms with Gasteiger partial charge in [-0.3, -0.25) is 4.79 Å². The van der Waals surface area contributed by atoms with Crippen molar-refractivity contribution in [2.45, 2.75) is 40.0 Å². The van der Waals surface area contributed by atoms with Crippen LogP contribution in [0.4, 0.5) is 0 Å². The summed E-state index contributed by atoms with van der Waals surface area (Å²) in [6, 6.07) is 0. The minimum absolute atomic E-state index is 0.159. The molecule has 14 heavy (non-hydrogen) atoms. The molecular weight excluding hydrogens is 176 g/mol. The van der Waals surface area contributed by atoms with Crippen molar-refractivity contribution in [2.75, 3.05) is 7.11 Å². The Morgan fingerprint density at radius 1 is 1.50 bits per heavy atom. The van der Waals surface area contributed by atoms with Gasteiger partial charge in [0.2, 0.25) is 0 Å². The summed E-state index contributed by atoms with van der Waals surface area (Å²) >= 11 is 0. The van der Waals surface area contributed by atoms with Crippen LogP contribution in [0.2, 0.25) is 0 Å². The fraction of sp³-hybridized carbons (Fsp3) is 0.750. The van der Waals surface area contributed by atoms with Crippen LogP contribution >= 0.6 is 0 Å². The van der Waals surface area contributed by atoms with E-state index in [2.05, 4.69) is 20.8 Å². The highest BCUT2D eigenvalue weighted by Crippen LogP contribution is 2.35. The molecule has 0 amide bonds. The highest BCUT2D eigenvalue weighted by Gasteiger charge is 2.34. The quantitative estimate of drug-likeness (QED) is 0.691. The van der Waals surface area contributed by atoms with E-state index in [-0.39, 0.29) is 5.92 Å². The minimum Gasteiger partial charge on any atom is -0.501 e. The van der Waals surface area contributed by atoms with Crippen LogP contribution in [0.5, 0.6) is 0 Å². The van der Waals surface area contributed by atoms with Gasteiger partial charge in [-0.05, 0) is 12.3 Å². The van der Waals surface area contributed by atoms with E-state index < -0.39 is 0 Å². The molecule has 80 valence electrons. The number of Topliss-reactive ketones (excluding diaryl/α,β-unsaturated/α-hetero) is 1. The fourth-order valence-electron chi connectivity index (χ4n) is 2.03. The lowest BCUT2D eigenvalue weighted by molar-refractivity contribution is -0.119. The SMILES string of the molecule is CCCC1=C(OC)CC(C(C)C)C1=O. The molecule has 1 rings (SSSR count). The number of rotatable bonds is 4. The predicted molar refractivity (Wildman–Crippen MR) is 56.9 cm³/mol. The zero-order valence-electron chi connectivity index (χ0n) is 9.59. The summed E-state index contributed by atoms with van der Waals surface area (Å²) in [5, 5.41) is 0. The molecule has 2 heteroatoms. The Hall–Kier alpha value is -0.790. The summed E-state index contributed by atoms with van der Waals surface area (Å²) in [6.45, 7) is 6.30. The van der Waals surface area contributed by atoms with Crippen molar-refractivity contribution in [3.8, 4) is 0 Å². The van der Waals surface area contributed by atoms with Crippen LogP contribution in [-0.4, -0.2) is 12.9 Å². The summed E-state index contributed by atoms with van der Waals surface area (Å²) < 4.78 is 5.29. The van der Waals surface area contributed by atoms with Gasteiger partial charge in [0.15, 0.2) is 5.78 Å². The summed E-state index contributed by atoms with van der Waals surface area (Å²) in [5.41, 5.74) is 0.939. The summed E-state index contributed by atoms with van der Waals surface area (Å²) in [4.78, 5) is 12.0. The molecule has 0 aliphatic heterocycles. The molecule has 0 N–H and O–H groups in total. The maximum Gasteiger partial charge on any atom is 0.165 e. The molecule has 0 aromatic carbocycles. The fourth-order valence-corrected chi connectivity index (χ4v) is 2.03. The molecule has 0 radical (unpaired) electrons. The first-order valence-electron chi connectivity index (χ1n) is 5.42. The highest BCUT2D eigenvalue weighted by atomic mass is 16.5. The molecule has 1 unspecified atom stereocenters. The summed E-state index contributed by atoms with van der Waals surface area (Å²) in [5.74, 6) is 1.82. The second-order valence-corrected chi connectivity index (χ2v) is 4.27. The number of hydrogen-bond acceptors (Lipinski definition) is 2. The first-order valence-corrected chi connectivity index (χ1v) is 5.42. The second kappa shape index (κ2) is 4.63. The Morgan fingerprint density at radius 3 is 2.57 bits per heavy atom. The van der Waals surface area contributed by atoms with Crippen LogP contribution in [0.1, 0.15) is 40.0 Å². The van der Waals surface area contributed by atoms with Crippen LogP contribution < -0.4 is 0 Å². The van der Waals surface area contributed by atoms with Gasteiger partial charge in [-0.1, -0.05) is 27.2 Å². The van der Waals surface area contributed by atoms with Gasteiger partial charge < -0.3 is 4.74 Å². The van der Waals surface area contributed by atoms with Gasteiger partial charge in [0.05, 0.1) is 7.11 Å². The first-order chi connectivity index (χ1) is 6.61. The number of hydrogen-bond donors (Lipinski definition) is 0. The molecule has 0 aromatic heterocycles. The number of ketones is 1. The molecule has 2 nitrogen and oxygen atoms in total. The number of carbonyl (C=O) groups excluding carboxylic acids is 1. The van der Waals surface area contributed by atoms with E-state index >= 15 is 0 Å². The van der Waals surface area contributed by atoms with E-state index in [1.165, 1.54) is 0 Å². The van der Waals surface area contributed by atoms with Gasteiger partial charge in [0.1, 0.15) is 5.76 Å². The van der Waals surface area contributed by atoms with Crippen molar-refractivity contribution in [2.24, 2.45) is 11.8 Å². The van der Waals surface area contributed by atoms with Gasteiger partial charge in [0, 0.05) is 17.9 Å². The normalized spacial score (nSPS) is 22.4. The molecule has 0 spiro atoms. The molecule has 0 aromatic rings. The Bertz CT molecular complexity index is 251. The van der Waals surface area contributed by atoms with E-state index in [0.29, 0.717) is 11.7 Å². The van der Waals surface area contributed by atoms with Crippen molar-refractivity contribution in [1.29, 1.82) is 0 Å². The van der Waals surface area contributed by atoms with Gasteiger partial charge in [0.25, 0.3) is 0 Å². The van der Waals surface area contributed by atoms with E-state index in [1.54, 1.807) is 7.11 Å². The Balaban J connectivity index is 2.82. The monoisotopic (exact) mass is 196 g/mol. The average molecular weight is 196 g/mol. The lowest BCUT2D eigenvalue weighted by Crippen LogP contribution is -2.16. The zero-order chi connectivity index (χ0) is 10.7. The van der Waals surface area contributed by atoms with E-state index in [9.17, 15) is 4.79 Å². The lowest BCUT2D eigenvalue weighted by Gasteiger charge is -2.12. The van der Waals surface area contributed by atoms with E-state index in [0.717, 1.165) is 30.6 Å². The molecule has 0 fully saturated rings. The second-order valence-electron chi connectivity index (χ2n) is 4.27. The van der Waals surface area contributed by atoms with Crippen molar-refractivity contribution in [1.82, 2.24) is 0 Å². The number of methoxy groups -OCH3 is 1. The highest BCUT2D eigenvalue weighted by molar-refractivity contribution is 6.00. The molecule has 1 aliphatic rings. The van der Waals surface area contributed by atoms with E-state index in [1.807, 2.05) is 0 Å². The van der Waals surface area contributed by atoms with Crippen LogP contribution in [0.25, 0.3) is 0 Å². The molecule has 0 bridgehead atoms. The summed E-state index contributed by atoms with van der Waals surface area (Å²) in [7, 11) is 1.67. The molecule has 0 saturated carbocycles.